The summed E-state index contributed by atoms with van der Waals surface area (Å²) in [5, 5.41) is 9.27. The van der Waals surface area contributed by atoms with Crippen LogP contribution in [0.1, 0.15) is 16.7 Å². The number of benzene rings is 2. The van der Waals surface area contributed by atoms with Gasteiger partial charge in [0, 0.05) is 39.3 Å². The molecular weight excluding hydrogens is 436 g/mol. The summed E-state index contributed by atoms with van der Waals surface area (Å²) in [6.07, 6.45) is 1.57. The van der Waals surface area contributed by atoms with E-state index in [1.165, 1.54) is 0 Å². The largest absolute Gasteiger partial charge is 0.454 e. The average Bonchev–Trinajstić information content (AvgIpc) is 3.32. The van der Waals surface area contributed by atoms with Crippen molar-refractivity contribution in [3.05, 3.63) is 59.2 Å². The number of carbonyl (C=O) groups excluding carboxylic acids is 2. The zero-order chi connectivity index (χ0) is 23.8. The molecule has 0 radical (unpaired) electrons. The van der Waals surface area contributed by atoms with Gasteiger partial charge in [-0.05, 0) is 28.8 Å². The Bertz CT molecular complexity index is 1020. The topological polar surface area (TPSA) is 122 Å². The van der Waals surface area contributed by atoms with Crippen LogP contribution in [0.4, 0.5) is 0 Å². The van der Waals surface area contributed by atoms with Gasteiger partial charge in [-0.1, -0.05) is 30.3 Å². The van der Waals surface area contributed by atoms with E-state index in [0.29, 0.717) is 19.6 Å². The Kier molecular flexibility index (Phi) is 7.95. The molecule has 4 N–H and O–H groups in total. The molecule has 0 aliphatic carbocycles. The molecule has 0 atom stereocenters. The molecule has 0 unspecified atom stereocenters. The minimum atomic E-state index is -0.207. The van der Waals surface area contributed by atoms with Gasteiger partial charge >= 0.3 is 0 Å². The van der Waals surface area contributed by atoms with Gasteiger partial charge < -0.3 is 30.8 Å². The van der Waals surface area contributed by atoms with E-state index in [-0.39, 0.29) is 31.7 Å². The van der Waals surface area contributed by atoms with Gasteiger partial charge in [-0.25, -0.2) is 0 Å². The number of rotatable bonds is 9. The summed E-state index contributed by atoms with van der Waals surface area (Å²) < 4.78 is 10.8. The standard InChI is InChI=1S/C24H30N6O4/c25-28-13-19-3-1-18(2-4-19)12-26-14-23(31)27-15-24(32)30-9-7-29(8-10-30)16-20-5-6-21-22(11-20)34-17-33-21/h1-6,11,13,26H,7-10,12,14-17,25H2,(H,27,31). The smallest absolute Gasteiger partial charge is 0.242 e. The number of hydrogen-bond acceptors (Lipinski definition) is 8. The van der Waals surface area contributed by atoms with Crippen molar-refractivity contribution in [1.82, 2.24) is 20.4 Å². The van der Waals surface area contributed by atoms with Crippen LogP contribution in [0.2, 0.25) is 0 Å². The Morgan fingerprint density at radius 3 is 2.47 bits per heavy atom. The first-order valence-electron chi connectivity index (χ1n) is 11.3. The Labute approximate surface area is 198 Å². The third-order valence-electron chi connectivity index (χ3n) is 5.82. The Morgan fingerprint density at radius 1 is 0.971 bits per heavy atom. The predicted octanol–water partition coefficient (Wildman–Crippen LogP) is 0.258. The van der Waals surface area contributed by atoms with Gasteiger partial charge in [-0.2, -0.15) is 5.10 Å². The van der Waals surface area contributed by atoms with Gasteiger partial charge in [0.25, 0.3) is 0 Å². The minimum absolute atomic E-state index is 0.00972. The molecule has 2 aromatic carbocycles. The molecule has 10 nitrogen and oxygen atoms in total. The summed E-state index contributed by atoms with van der Waals surface area (Å²) in [6.45, 7) is 4.61. The first kappa shape index (κ1) is 23.5. The van der Waals surface area contributed by atoms with Gasteiger partial charge in [0.05, 0.1) is 19.3 Å². The fraction of sp³-hybridized carbons (Fsp3) is 0.375. The predicted molar refractivity (Wildman–Crippen MR) is 127 cm³/mol. The number of amides is 2. The van der Waals surface area contributed by atoms with Crippen LogP contribution in [0.3, 0.4) is 0 Å². The van der Waals surface area contributed by atoms with Gasteiger partial charge in [-0.15, -0.1) is 0 Å². The second-order valence-corrected chi connectivity index (χ2v) is 8.24. The van der Waals surface area contributed by atoms with E-state index in [2.05, 4.69) is 20.6 Å². The van der Waals surface area contributed by atoms with Crippen molar-refractivity contribution in [3.8, 4) is 11.5 Å². The van der Waals surface area contributed by atoms with Crippen molar-refractivity contribution in [1.29, 1.82) is 0 Å². The molecule has 10 heteroatoms. The molecular formula is C24H30N6O4. The van der Waals surface area contributed by atoms with E-state index in [1.54, 1.807) is 11.1 Å². The van der Waals surface area contributed by atoms with Crippen LogP contribution in [0, 0.1) is 0 Å². The van der Waals surface area contributed by atoms with Crippen LogP contribution in [-0.2, 0) is 22.7 Å². The highest BCUT2D eigenvalue weighted by Gasteiger charge is 2.22. The number of ether oxygens (including phenoxy) is 2. The lowest BCUT2D eigenvalue weighted by molar-refractivity contribution is -0.134. The van der Waals surface area contributed by atoms with Gasteiger partial charge in [-0.3, -0.25) is 14.5 Å². The summed E-state index contributed by atoms with van der Waals surface area (Å²) >= 11 is 0. The molecule has 2 aliphatic rings. The van der Waals surface area contributed by atoms with Crippen LogP contribution in [0.15, 0.2) is 47.6 Å². The van der Waals surface area contributed by atoms with E-state index in [0.717, 1.165) is 47.8 Å². The number of nitrogens with one attached hydrogen (secondary N) is 2. The fourth-order valence-corrected chi connectivity index (χ4v) is 3.93. The Hall–Kier alpha value is -3.63. The Morgan fingerprint density at radius 2 is 1.71 bits per heavy atom. The molecule has 1 saturated heterocycles. The lowest BCUT2D eigenvalue weighted by atomic mass is 10.1. The van der Waals surface area contributed by atoms with E-state index >= 15 is 0 Å². The van der Waals surface area contributed by atoms with Gasteiger partial charge in [0.1, 0.15) is 0 Å². The van der Waals surface area contributed by atoms with E-state index in [1.807, 2.05) is 42.5 Å². The van der Waals surface area contributed by atoms with Gasteiger partial charge in [0.15, 0.2) is 11.5 Å². The molecule has 0 bridgehead atoms. The lowest BCUT2D eigenvalue weighted by Crippen LogP contribution is -2.51. The molecule has 2 aliphatic heterocycles. The molecule has 34 heavy (non-hydrogen) atoms. The number of hydrazone groups is 1. The molecule has 180 valence electrons. The van der Waals surface area contributed by atoms with Crippen molar-refractivity contribution in [2.24, 2.45) is 10.9 Å². The SMILES string of the molecule is NN=Cc1ccc(CNCC(=O)NCC(=O)N2CCN(Cc3ccc4c(c3)OCO4)CC2)cc1. The van der Waals surface area contributed by atoms with Crippen LogP contribution in [0.5, 0.6) is 11.5 Å². The third kappa shape index (κ3) is 6.46. The summed E-state index contributed by atoms with van der Waals surface area (Å²) in [5.41, 5.74) is 3.11. The second-order valence-electron chi connectivity index (χ2n) is 8.24. The highest BCUT2D eigenvalue weighted by Crippen LogP contribution is 2.32. The van der Waals surface area contributed by atoms with Crippen molar-refractivity contribution in [2.45, 2.75) is 13.1 Å². The molecule has 0 saturated carbocycles. The Balaban J connectivity index is 1.11. The number of carbonyl (C=O) groups is 2. The minimum Gasteiger partial charge on any atom is -0.454 e. The molecule has 2 aromatic rings. The third-order valence-corrected chi connectivity index (χ3v) is 5.82. The van der Waals surface area contributed by atoms with Crippen LogP contribution in [0.25, 0.3) is 0 Å². The monoisotopic (exact) mass is 466 g/mol. The number of fused-ring (bicyclic) bond motifs is 1. The van der Waals surface area contributed by atoms with Crippen LogP contribution in [-0.4, -0.2) is 73.9 Å². The molecule has 0 aromatic heterocycles. The first-order valence-corrected chi connectivity index (χ1v) is 11.3. The molecule has 1 fully saturated rings. The van der Waals surface area contributed by atoms with Crippen molar-refractivity contribution >= 4 is 18.0 Å². The molecule has 2 amide bonds. The molecule has 4 rings (SSSR count). The summed E-state index contributed by atoms with van der Waals surface area (Å²) in [4.78, 5) is 28.7. The average molecular weight is 467 g/mol. The highest BCUT2D eigenvalue weighted by atomic mass is 16.7. The zero-order valence-corrected chi connectivity index (χ0v) is 19.0. The van der Waals surface area contributed by atoms with Crippen LogP contribution < -0.4 is 25.9 Å². The van der Waals surface area contributed by atoms with Crippen molar-refractivity contribution < 1.29 is 19.1 Å². The van der Waals surface area contributed by atoms with Crippen molar-refractivity contribution in [3.63, 3.8) is 0 Å². The maximum Gasteiger partial charge on any atom is 0.242 e. The fourth-order valence-electron chi connectivity index (χ4n) is 3.93. The summed E-state index contributed by atoms with van der Waals surface area (Å²) in [6, 6.07) is 13.7. The number of nitrogens with two attached hydrogens (primary N) is 1. The van der Waals surface area contributed by atoms with E-state index < -0.39 is 0 Å². The number of hydrogen-bond donors (Lipinski definition) is 3. The van der Waals surface area contributed by atoms with Gasteiger partial charge in [0.2, 0.25) is 18.6 Å². The number of nitrogens with zero attached hydrogens (tertiary/aromatic N) is 3. The normalized spacial score (nSPS) is 15.6. The summed E-state index contributed by atoms with van der Waals surface area (Å²) in [7, 11) is 0. The first-order chi connectivity index (χ1) is 16.6. The quantitative estimate of drug-likeness (QED) is 0.275. The highest BCUT2D eigenvalue weighted by molar-refractivity contribution is 5.85. The van der Waals surface area contributed by atoms with E-state index in [4.69, 9.17) is 15.3 Å². The van der Waals surface area contributed by atoms with E-state index in [9.17, 15) is 9.59 Å². The second kappa shape index (κ2) is 11.5. The summed E-state index contributed by atoms with van der Waals surface area (Å²) in [5.74, 6) is 6.43. The lowest BCUT2D eigenvalue weighted by Gasteiger charge is -2.34. The molecule has 0 spiro atoms. The van der Waals surface area contributed by atoms with Crippen LogP contribution >= 0.6 is 0 Å². The maximum atomic E-state index is 12.5. The number of piperazine rings is 1. The van der Waals surface area contributed by atoms with Crippen molar-refractivity contribution in [2.75, 3.05) is 46.1 Å². The maximum absolute atomic E-state index is 12.5. The zero-order valence-electron chi connectivity index (χ0n) is 19.0. The molecule has 2 heterocycles.